The van der Waals surface area contributed by atoms with E-state index in [4.69, 9.17) is 4.74 Å². The molecular formula is C14H21N3O3. The van der Waals surface area contributed by atoms with E-state index >= 15 is 0 Å². The van der Waals surface area contributed by atoms with Crippen LogP contribution in [0.1, 0.15) is 5.56 Å². The molecular weight excluding hydrogens is 258 g/mol. The lowest BCUT2D eigenvalue weighted by atomic mass is 10.2. The zero-order valence-electron chi connectivity index (χ0n) is 12.1. The molecule has 0 saturated heterocycles. The van der Waals surface area contributed by atoms with Crippen molar-refractivity contribution in [3.05, 3.63) is 29.8 Å². The molecule has 110 valence electrons. The van der Waals surface area contributed by atoms with Crippen LogP contribution in [-0.4, -0.2) is 51.0 Å². The van der Waals surface area contributed by atoms with Gasteiger partial charge in [-0.3, -0.25) is 14.5 Å². The van der Waals surface area contributed by atoms with Gasteiger partial charge in [-0.05, 0) is 24.7 Å². The van der Waals surface area contributed by atoms with E-state index in [1.165, 1.54) is 7.05 Å². The number of rotatable bonds is 7. The number of likely N-dealkylation sites (N-methyl/N-ethyl adjacent to an activating group) is 2. The molecule has 0 fully saturated rings. The molecule has 0 aromatic heterocycles. The number of amides is 2. The summed E-state index contributed by atoms with van der Waals surface area (Å²) in [5.74, 6) is 0.396. The summed E-state index contributed by atoms with van der Waals surface area (Å²) in [6, 6.07) is 7.69. The minimum absolute atomic E-state index is 0.00231. The Morgan fingerprint density at radius 3 is 2.70 bits per heavy atom. The second-order valence-corrected chi connectivity index (χ2v) is 4.47. The molecule has 0 aliphatic rings. The molecule has 0 heterocycles. The first-order chi connectivity index (χ1) is 9.55. The van der Waals surface area contributed by atoms with Crippen molar-refractivity contribution < 1.29 is 14.3 Å². The van der Waals surface area contributed by atoms with Gasteiger partial charge in [0.05, 0.1) is 20.2 Å². The van der Waals surface area contributed by atoms with Crippen LogP contribution in [0.5, 0.6) is 5.75 Å². The molecule has 1 aromatic rings. The number of ether oxygens (including phenoxy) is 1. The summed E-state index contributed by atoms with van der Waals surface area (Å²) in [5, 5.41) is 5.00. The van der Waals surface area contributed by atoms with Crippen molar-refractivity contribution in [1.82, 2.24) is 15.5 Å². The van der Waals surface area contributed by atoms with Gasteiger partial charge in [0, 0.05) is 13.6 Å². The van der Waals surface area contributed by atoms with Gasteiger partial charge in [-0.1, -0.05) is 12.1 Å². The third-order valence-corrected chi connectivity index (χ3v) is 2.73. The van der Waals surface area contributed by atoms with Crippen LogP contribution in [0, 0.1) is 0 Å². The molecule has 0 radical (unpaired) electrons. The van der Waals surface area contributed by atoms with E-state index in [0.717, 1.165) is 11.3 Å². The molecule has 2 N–H and O–H groups in total. The number of hydrogen-bond donors (Lipinski definition) is 2. The van der Waals surface area contributed by atoms with Gasteiger partial charge in [-0.2, -0.15) is 0 Å². The molecule has 0 unspecified atom stereocenters. The van der Waals surface area contributed by atoms with Gasteiger partial charge < -0.3 is 15.4 Å². The van der Waals surface area contributed by atoms with E-state index in [2.05, 4.69) is 10.6 Å². The van der Waals surface area contributed by atoms with Gasteiger partial charge in [0.25, 0.3) is 0 Å². The maximum Gasteiger partial charge on any atom is 0.239 e. The average Bonchev–Trinajstić information content (AvgIpc) is 2.44. The van der Waals surface area contributed by atoms with Crippen LogP contribution in [0.3, 0.4) is 0 Å². The Kier molecular flexibility index (Phi) is 6.52. The van der Waals surface area contributed by atoms with Crippen LogP contribution in [0.15, 0.2) is 24.3 Å². The highest BCUT2D eigenvalue weighted by Gasteiger charge is 2.08. The number of benzene rings is 1. The van der Waals surface area contributed by atoms with Gasteiger partial charge in [-0.15, -0.1) is 0 Å². The minimum Gasteiger partial charge on any atom is -0.497 e. The first-order valence-electron chi connectivity index (χ1n) is 6.34. The highest BCUT2D eigenvalue weighted by molar-refractivity contribution is 5.85. The van der Waals surface area contributed by atoms with E-state index in [-0.39, 0.29) is 24.9 Å². The molecule has 0 aliphatic heterocycles. The minimum atomic E-state index is -0.214. The van der Waals surface area contributed by atoms with Crippen molar-refractivity contribution in [2.45, 2.75) is 6.54 Å². The number of hydrogen-bond acceptors (Lipinski definition) is 4. The topological polar surface area (TPSA) is 70.7 Å². The zero-order chi connectivity index (χ0) is 15.0. The summed E-state index contributed by atoms with van der Waals surface area (Å²) in [4.78, 5) is 24.5. The van der Waals surface area contributed by atoms with Crippen LogP contribution in [-0.2, 0) is 16.1 Å². The van der Waals surface area contributed by atoms with Crippen molar-refractivity contribution in [2.24, 2.45) is 0 Å². The predicted molar refractivity (Wildman–Crippen MR) is 76.4 cm³/mol. The lowest BCUT2D eigenvalue weighted by Crippen LogP contribution is -2.40. The molecule has 20 heavy (non-hydrogen) atoms. The average molecular weight is 279 g/mol. The van der Waals surface area contributed by atoms with Crippen LogP contribution in [0.2, 0.25) is 0 Å². The van der Waals surface area contributed by atoms with Crippen molar-refractivity contribution in [3.63, 3.8) is 0 Å². The number of methoxy groups -OCH3 is 1. The summed E-state index contributed by atoms with van der Waals surface area (Å²) in [5.41, 5.74) is 1.06. The van der Waals surface area contributed by atoms with E-state index in [1.807, 2.05) is 36.2 Å². The van der Waals surface area contributed by atoms with Crippen LogP contribution < -0.4 is 15.4 Å². The first kappa shape index (κ1) is 16.0. The first-order valence-corrected chi connectivity index (χ1v) is 6.34. The number of nitrogens with zero attached hydrogens (tertiary/aromatic N) is 1. The Hall–Kier alpha value is -2.08. The Morgan fingerprint density at radius 2 is 2.05 bits per heavy atom. The van der Waals surface area contributed by atoms with Crippen molar-refractivity contribution in [1.29, 1.82) is 0 Å². The number of carbonyl (C=O) groups is 2. The summed E-state index contributed by atoms with van der Waals surface area (Å²) in [7, 11) is 5.00. The fourth-order valence-corrected chi connectivity index (χ4v) is 1.71. The molecule has 6 nitrogen and oxygen atoms in total. The Labute approximate surface area is 119 Å². The number of carbonyl (C=O) groups excluding carboxylic acids is 2. The lowest BCUT2D eigenvalue weighted by molar-refractivity contribution is -0.126. The van der Waals surface area contributed by atoms with Gasteiger partial charge in [-0.25, -0.2) is 0 Å². The molecule has 6 heteroatoms. The smallest absolute Gasteiger partial charge is 0.239 e. The summed E-state index contributed by atoms with van der Waals surface area (Å²) >= 11 is 0. The van der Waals surface area contributed by atoms with E-state index in [0.29, 0.717) is 6.54 Å². The molecule has 0 atom stereocenters. The standard InChI is InChI=1S/C14H21N3O3/c1-15-13(18)8-16-14(19)10-17(2)9-11-5-4-6-12(7-11)20-3/h4-7H,8-10H2,1-3H3,(H,15,18)(H,16,19). The van der Waals surface area contributed by atoms with Gasteiger partial charge in [0.2, 0.25) is 11.8 Å². The second kappa shape index (κ2) is 8.16. The number of nitrogens with one attached hydrogen (secondary N) is 2. The van der Waals surface area contributed by atoms with Gasteiger partial charge in [0.1, 0.15) is 5.75 Å². The molecule has 0 spiro atoms. The summed E-state index contributed by atoms with van der Waals surface area (Å²) in [6.07, 6.45) is 0. The Balaban J connectivity index is 2.40. The molecule has 1 aromatic carbocycles. The summed E-state index contributed by atoms with van der Waals surface area (Å²) in [6.45, 7) is 0.862. The van der Waals surface area contributed by atoms with E-state index in [1.54, 1.807) is 7.11 Å². The maximum atomic E-state index is 11.6. The highest BCUT2D eigenvalue weighted by atomic mass is 16.5. The zero-order valence-corrected chi connectivity index (χ0v) is 12.1. The molecule has 2 amide bonds. The van der Waals surface area contributed by atoms with Gasteiger partial charge >= 0.3 is 0 Å². The van der Waals surface area contributed by atoms with Crippen LogP contribution in [0.4, 0.5) is 0 Å². The predicted octanol–water partition coefficient (Wildman–Crippen LogP) is -0.0108. The second-order valence-electron chi connectivity index (χ2n) is 4.47. The monoisotopic (exact) mass is 279 g/mol. The molecule has 0 bridgehead atoms. The SMILES string of the molecule is CNC(=O)CNC(=O)CN(C)Cc1cccc(OC)c1. The van der Waals surface area contributed by atoms with Crippen LogP contribution >= 0.6 is 0 Å². The fraction of sp³-hybridized carbons (Fsp3) is 0.429. The molecule has 0 aliphatic carbocycles. The maximum absolute atomic E-state index is 11.6. The Morgan fingerprint density at radius 1 is 1.30 bits per heavy atom. The third kappa shape index (κ3) is 5.71. The van der Waals surface area contributed by atoms with Crippen molar-refractivity contribution >= 4 is 11.8 Å². The quantitative estimate of drug-likeness (QED) is 0.736. The lowest BCUT2D eigenvalue weighted by Gasteiger charge is -2.16. The van der Waals surface area contributed by atoms with Gasteiger partial charge in [0.15, 0.2) is 0 Å². The largest absolute Gasteiger partial charge is 0.497 e. The van der Waals surface area contributed by atoms with Crippen LogP contribution in [0.25, 0.3) is 0 Å². The van der Waals surface area contributed by atoms with E-state index < -0.39 is 0 Å². The van der Waals surface area contributed by atoms with Crippen molar-refractivity contribution in [3.8, 4) is 5.75 Å². The Bertz CT molecular complexity index is 463. The third-order valence-electron chi connectivity index (χ3n) is 2.73. The fourth-order valence-electron chi connectivity index (χ4n) is 1.71. The normalized spacial score (nSPS) is 10.2. The van der Waals surface area contributed by atoms with Crippen molar-refractivity contribution in [2.75, 3.05) is 34.3 Å². The summed E-state index contributed by atoms with van der Waals surface area (Å²) < 4.78 is 5.15. The molecule has 0 saturated carbocycles. The highest BCUT2D eigenvalue weighted by Crippen LogP contribution is 2.13. The van der Waals surface area contributed by atoms with E-state index in [9.17, 15) is 9.59 Å². The molecule has 1 rings (SSSR count).